The fraction of sp³-hybridized carbons (Fsp3) is 0.353. The highest BCUT2D eigenvalue weighted by molar-refractivity contribution is 9.10. The van der Waals surface area contributed by atoms with Crippen LogP contribution in [0, 0.1) is 6.92 Å². The highest BCUT2D eigenvalue weighted by atomic mass is 79.9. The topological polar surface area (TPSA) is 24.9 Å². The van der Waals surface area contributed by atoms with Crippen LogP contribution in [0.1, 0.15) is 43.0 Å². The van der Waals surface area contributed by atoms with Crippen molar-refractivity contribution in [3.05, 3.63) is 57.7 Å². The average molecular weight is 333 g/mol. The Hall–Kier alpha value is -1.35. The molecule has 1 heterocycles. The van der Waals surface area contributed by atoms with Crippen LogP contribution >= 0.6 is 15.9 Å². The van der Waals surface area contributed by atoms with E-state index in [2.05, 4.69) is 64.3 Å². The third-order valence-corrected chi connectivity index (χ3v) is 4.49. The van der Waals surface area contributed by atoms with Crippen LogP contribution < -0.4 is 5.32 Å². The zero-order valence-corrected chi connectivity index (χ0v) is 13.9. The van der Waals surface area contributed by atoms with E-state index in [0.717, 1.165) is 22.5 Å². The molecule has 3 heteroatoms. The summed E-state index contributed by atoms with van der Waals surface area (Å²) in [5.41, 5.74) is 3.69. The van der Waals surface area contributed by atoms with E-state index in [1.165, 1.54) is 17.5 Å². The van der Waals surface area contributed by atoms with Crippen molar-refractivity contribution < 1.29 is 0 Å². The molecule has 0 amide bonds. The normalized spacial score (nSPS) is 12.2. The molecule has 2 nitrogen and oxygen atoms in total. The van der Waals surface area contributed by atoms with Crippen LogP contribution in [0.4, 0.5) is 5.82 Å². The quantitative estimate of drug-likeness (QED) is 0.805. The average Bonchev–Trinajstić information content (AvgIpc) is 2.48. The number of nitrogens with zero attached hydrogens (tertiary/aromatic N) is 1. The summed E-state index contributed by atoms with van der Waals surface area (Å²) >= 11 is 3.46. The number of halogens is 1. The van der Waals surface area contributed by atoms with Crippen molar-refractivity contribution in [2.24, 2.45) is 0 Å². The molecule has 0 bridgehead atoms. The Morgan fingerprint density at radius 3 is 2.45 bits per heavy atom. The van der Waals surface area contributed by atoms with Crippen LogP contribution in [-0.2, 0) is 6.54 Å². The molecular formula is C17H21BrN2. The molecule has 1 N–H and O–H groups in total. The zero-order chi connectivity index (χ0) is 14.5. The van der Waals surface area contributed by atoms with Gasteiger partial charge in [0.25, 0.3) is 0 Å². The second-order valence-electron chi connectivity index (χ2n) is 5.17. The molecule has 106 valence electrons. The fourth-order valence-electron chi connectivity index (χ4n) is 2.03. The van der Waals surface area contributed by atoms with Gasteiger partial charge in [0, 0.05) is 11.0 Å². The molecule has 20 heavy (non-hydrogen) atoms. The van der Waals surface area contributed by atoms with Crippen LogP contribution in [0.5, 0.6) is 0 Å². The molecule has 0 saturated heterocycles. The van der Waals surface area contributed by atoms with Crippen LogP contribution in [0.3, 0.4) is 0 Å². The summed E-state index contributed by atoms with van der Waals surface area (Å²) in [5, 5.41) is 3.36. The Bertz CT molecular complexity index is 564. The molecule has 0 aliphatic carbocycles. The van der Waals surface area contributed by atoms with Crippen molar-refractivity contribution in [1.82, 2.24) is 4.98 Å². The van der Waals surface area contributed by atoms with Gasteiger partial charge in [0.05, 0.1) is 5.69 Å². The number of nitrogens with one attached hydrogen (secondary N) is 1. The largest absolute Gasteiger partial charge is 0.366 e. The van der Waals surface area contributed by atoms with Crippen molar-refractivity contribution in [2.45, 2.75) is 39.7 Å². The lowest BCUT2D eigenvalue weighted by Crippen LogP contribution is -2.02. The Kier molecular flexibility index (Phi) is 5.18. The molecule has 0 fully saturated rings. The number of hydrogen-bond acceptors (Lipinski definition) is 2. The van der Waals surface area contributed by atoms with Gasteiger partial charge in [-0.2, -0.15) is 0 Å². The molecule has 1 atom stereocenters. The minimum absolute atomic E-state index is 0.632. The molecule has 0 aliphatic rings. The lowest BCUT2D eigenvalue weighted by molar-refractivity contribution is 0.733. The van der Waals surface area contributed by atoms with Crippen molar-refractivity contribution in [1.29, 1.82) is 0 Å². The number of rotatable bonds is 5. The third kappa shape index (κ3) is 3.83. The van der Waals surface area contributed by atoms with Crippen LogP contribution in [0.15, 0.2) is 40.9 Å². The van der Waals surface area contributed by atoms with Gasteiger partial charge in [0.2, 0.25) is 0 Å². The Balaban J connectivity index is 1.98. The summed E-state index contributed by atoms with van der Waals surface area (Å²) < 4.78 is 1.04. The molecule has 0 saturated carbocycles. The summed E-state index contributed by atoms with van der Waals surface area (Å²) in [6.07, 6.45) is 1.18. The maximum absolute atomic E-state index is 4.49. The second kappa shape index (κ2) is 6.89. The minimum atomic E-state index is 0.632. The highest BCUT2D eigenvalue weighted by Gasteiger charge is 2.03. The maximum atomic E-state index is 4.49. The van der Waals surface area contributed by atoms with Crippen LogP contribution in [0.2, 0.25) is 0 Å². The summed E-state index contributed by atoms with van der Waals surface area (Å²) in [7, 11) is 0. The highest BCUT2D eigenvalue weighted by Crippen LogP contribution is 2.20. The van der Waals surface area contributed by atoms with E-state index in [-0.39, 0.29) is 0 Å². The Morgan fingerprint density at radius 1 is 1.15 bits per heavy atom. The smallest absolute Gasteiger partial charge is 0.126 e. The summed E-state index contributed by atoms with van der Waals surface area (Å²) in [5.74, 6) is 1.55. The van der Waals surface area contributed by atoms with Crippen LogP contribution in [-0.4, -0.2) is 4.98 Å². The molecular weight excluding hydrogens is 312 g/mol. The molecule has 0 spiro atoms. The van der Waals surface area contributed by atoms with Gasteiger partial charge in [0.15, 0.2) is 0 Å². The van der Waals surface area contributed by atoms with Crippen molar-refractivity contribution in [3.63, 3.8) is 0 Å². The van der Waals surface area contributed by atoms with Crippen molar-refractivity contribution in [3.8, 4) is 0 Å². The number of anilines is 1. The summed E-state index contributed by atoms with van der Waals surface area (Å²) in [4.78, 5) is 4.49. The van der Waals surface area contributed by atoms with Gasteiger partial charge in [-0.1, -0.05) is 38.1 Å². The number of aromatic nitrogens is 1. The third-order valence-electron chi connectivity index (χ3n) is 3.66. The number of pyridine rings is 1. The minimum Gasteiger partial charge on any atom is -0.366 e. The molecule has 0 aliphatic heterocycles. The first-order chi connectivity index (χ1) is 9.60. The van der Waals surface area contributed by atoms with Crippen molar-refractivity contribution >= 4 is 21.7 Å². The lowest BCUT2D eigenvalue weighted by Gasteiger charge is -2.11. The van der Waals surface area contributed by atoms with Gasteiger partial charge < -0.3 is 5.32 Å². The van der Waals surface area contributed by atoms with Gasteiger partial charge in [0.1, 0.15) is 5.82 Å². The summed E-state index contributed by atoms with van der Waals surface area (Å²) in [6, 6.07) is 12.9. The van der Waals surface area contributed by atoms with E-state index >= 15 is 0 Å². The molecule has 2 aromatic rings. The van der Waals surface area contributed by atoms with Crippen LogP contribution in [0.25, 0.3) is 0 Å². The first-order valence-corrected chi connectivity index (χ1v) is 7.85. The molecule has 1 unspecified atom stereocenters. The summed E-state index contributed by atoms with van der Waals surface area (Å²) in [6.45, 7) is 7.29. The number of aryl methyl sites for hydroxylation is 1. The van der Waals surface area contributed by atoms with Gasteiger partial charge >= 0.3 is 0 Å². The van der Waals surface area contributed by atoms with Gasteiger partial charge in [-0.15, -0.1) is 0 Å². The molecule has 0 radical (unpaired) electrons. The SMILES string of the molecule is CCC(C)c1ccc(CNc2ccc(Br)c(C)n2)cc1. The Labute approximate surface area is 129 Å². The Morgan fingerprint density at radius 2 is 1.85 bits per heavy atom. The first-order valence-electron chi connectivity index (χ1n) is 7.06. The molecule has 2 rings (SSSR count). The first kappa shape index (κ1) is 15.0. The molecule has 1 aromatic heterocycles. The van der Waals surface area contributed by atoms with E-state index in [1.807, 2.05) is 19.1 Å². The second-order valence-corrected chi connectivity index (χ2v) is 6.02. The van der Waals surface area contributed by atoms with E-state index in [0.29, 0.717) is 5.92 Å². The van der Waals surface area contributed by atoms with Crippen molar-refractivity contribution in [2.75, 3.05) is 5.32 Å². The van der Waals surface area contributed by atoms with E-state index < -0.39 is 0 Å². The lowest BCUT2D eigenvalue weighted by atomic mass is 9.98. The van der Waals surface area contributed by atoms with Gasteiger partial charge in [-0.25, -0.2) is 4.98 Å². The zero-order valence-electron chi connectivity index (χ0n) is 12.3. The van der Waals surface area contributed by atoms with E-state index in [4.69, 9.17) is 0 Å². The number of hydrogen-bond donors (Lipinski definition) is 1. The van der Waals surface area contributed by atoms with Gasteiger partial charge in [-0.3, -0.25) is 0 Å². The fourth-order valence-corrected chi connectivity index (χ4v) is 2.26. The van der Waals surface area contributed by atoms with E-state index in [1.54, 1.807) is 0 Å². The maximum Gasteiger partial charge on any atom is 0.126 e. The van der Waals surface area contributed by atoms with Gasteiger partial charge in [-0.05, 0) is 58.5 Å². The predicted molar refractivity (Wildman–Crippen MR) is 89.1 cm³/mol. The molecule has 1 aromatic carbocycles. The van der Waals surface area contributed by atoms with E-state index in [9.17, 15) is 0 Å². The standard InChI is InChI=1S/C17H21BrN2/c1-4-12(2)15-7-5-14(6-8-15)11-19-17-10-9-16(18)13(3)20-17/h5-10,12H,4,11H2,1-3H3,(H,19,20). The monoisotopic (exact) mass is 332 g/mol. The number of benzene rings is 1. The predicted octanol–water partition coefficient (Wildman–Crippen LogP) is 5.28.